The highest BCUT2D eigenvalue weighted by atomic mass is 16.4. The van der Waals surface area contributed by atoms with Crippen LogP contribution in [0.2, 0.25) is 0 Å². The van der Waals surface area contributed by atoms with Crippen LogP contribution in [0.5, 0.6) is 0 Å². The summed E-state index contributed by atoms with van der Waals surface area (Å²) in [5.41, 5.74) is 3.23. The first-order chi connectivity index (χ1) is 13.2. The van der Waals surface area contributed by atoms with Crippen LogP contribution in [0.25, 0.3) is 5.69 Å². The highest BCUT2D eigenvalue weighted by Gasteiger charge is 2.23. The van der Waals surface area contributed by atoms with Crippen LogP contribution in [0.3, 0.4) is 0 Å². The molecule has 3 heterocycles. The predicted molar refractivity (Wildman–Crippen MR) is 102 cm³/mol. The van der Waals surface area contributed by atoms with Crippen molar-refractivity contribution in [2.45, 2.75) is 19.4 Å². The molecule has 4 rings (SSSR count). The van der Waals surface area contributed by atoms with E-state index < -0.39 is 5.97 Å². The molecule has 0 spiro atoms. The van der Waals surface area contributed by atoms with Gasteiger partial charge in [0.05, 0.1) is 17.4 Å². The van der Waals surface area contributed by atoms with Gasteiger partial charge in [-0.2, -0.15) is 5.10 Å². The molecule has 27 heavy (non-hydrogen) atoms. The van der Waals surface area contributed by atoms with Gasteiger partial charge >= 0.3 is 5.97 Å². The first-order valence-electron chi connectivity index (χ1n) is 9.16. The van der Waals surface area contributed by atoms with Crippen LogP contribution in [0.15, 0.2) is 61.2 Å². The van der Waals surface area contributed by atoms with Crippen molar-refractivity contribution in [3.63, 3.8) is 0 Å². The van der Waals surface area contributed by atoms with Gasteiger partial charge in [-0.25, -0.2) is 9.48 Å². The predicted octanol–water partition coefficient (Wildman–Crippen LogP) is 3.03. The Bertz CT molecular complexity index is 923. The van der Waals surface area contributed by atoms with Gasteiger partial charge in [-0.15, -0.1) is 0 Å². The van der Waals surface area contributed by atoms with E-state index >= 15 is 0 Å². The average molecular weight is 362 g/mol. The number of aromatic nitrogens is 3. The smallest absolute Gasteiger partial charge is 0.337 e. The summed E-state index contributed by atoms with van der Waals surface area (Å²) in [7, 11) is 0. The van der Waals surface area contributed by atoms with E-state index in [-0.39, 0.29) is 5.56 Å². The summed E-state index contributed by atoms with van der Waals surface area (Å²) in [4.78, 5) is 18.0. The Hall–Kier alpha value is -2.99. The summed E-state index contributed by atoms with van der Waals surface area (Å²) in [5, 5.41) is 13.7. The Kier molecular flexibility index (Phi) is 4.98. The maximum Gasteiger partial charge on any atom is 0.337 e. The van der Waals surface area contributed by atoms with Crippen LogP contribution >= 0.6 is 0 Å². The van der Waals surface area contributed by atoms with Crippen LogP contribution in [-0.4, -0.2) is 43.8 Å². The van der Waals surface area contributed by atoms with Crippen LogP contribution in [0.1, 0.15) is 27.9 Å². The minimum absolute atomic E-state index is 0.254. The molecule has 6 heteroatoms. The Balaban J connectivity index is 1.40. The number of aromatic carboxylic acids is 1. The number of likely N-dealkylation sites (tertiary alicyclic amines) is 1. The Labute approximate surface area is 158 Å². The van der Waals surface area contributed by atoms with E-state index in [4.69, 9.17) is 0 Å². The summed E-state index contributed by atoms with van der Waals surface area (Å²) in [6.07, 6.45) is 9.76. The molecule has 1 fully saturated rings. The summed E-state index contributed by atoms with van der Waals surface area (Å²) < 4.78 is 1.65. The highest BCUT2D eigenvalue weighted by molar-refractivity contribution is 5.91. The van der Waals surface area contributed by atoms with Gasteiger partial charge in [-0.05, 0) is 49.1 Å². The van der Waals surface area contributed by atoms with Gasteiger partial charge in [0.2, 0.25) is 0 Å². The molecular weight excluding hydrogens is 340 g/mol. The van der Waals surface area contributed by atoms with E-state index in [2.05, 4.69) is 21.0 Å². The number of pyridine rings is 1. The number of carboxylic acid groups (broad SMARTS) is 1. The molecule has 0 saturated carbocycles. The second kappa shape index (κ2) is 7.72. The number of rotatable bonds is 6. The summed E-state index contributed by atoms with van der Waals surface area (Å²) in [5.74, 6) is -0.294. The van der Waals surface area contributed by atoms with Crippen molar-refractivity contribution in [3.05, 3.63) is 77.9 Å². The molecule has 1 unspecified atom stereocenters. The second-order valence-electron chi connectivity index (χ2n) is 7.07. The number of carboxylic acids is 1. The third-order valence-corrected chi connectivity index (χ3v) is 5.04. The second-order valence-corrected chi connectivity index (χ2v) is 7.07. The van der Waals surface area contributed by atoms with E-state index in [1.807, 2.05) is 36.9 Å². The van der Waals surface area contributed by atoms with Gasteiger partial charge in [0, 0.05) is 37.2 Å². The van der Waals surface area contributed by atoms with E-state index in [0.717, 1.165) is 31.6 Å². The molecule has 1 atom stereocenters. The number of benzene rings is 1. The van der Waals surface area contributed by atoms with Crippen molar-refractivity contribution >= 4 is 5.97 Å². The molecule has 6 nitrogen and oxygen atoms in total. The summed E-state index contributed by atoms with van der Waals surface area (Å²) in [6.45, 7) is 2.96. The summed E-state index contributed by atoms with van der Waals surface area (Å²) in [6, 6.07) is 11.1. The lowest BCUT2D eigenvalue weighted by Crippen LogP contribution is -2.20. The lowest BCUT2D eigenvalue weighted by molar-refractivity contribution is 0.0696. The topological polar surface area (TPSA) is 71.2 Å². The standard InChI is InChI=1S/C21H22N4O2/c26-21(27)19-5-1-2-6-20(19)25-15-18(12-23-25)14-24-9-7-17(13-24)10-16-4-3-8-22-11-16/h1-6,8,11-12,15,17H,7,9-10,13-14H2,(H,26,27). The fourth-order valence-corrected chi connectivity index (χ4v) is 3.76. The van der Waals surface area contributed by atoms with Crippen molar-refractivity contribution in [2.24, 2.45) is 5.92 Å². The first-order valence-corrected chi connectivity index (χ1v) is 9.16. The van der Waals surface area contributed by atoms with Crippen molar-refractivity contribution in [1.82, 2.24) is 19.7 Å². The quantitative estimate of drug-likeness (QED) is 0.730. The maximum atomic E-state index is 11.4. The zero-order chi connectivity index (χ0) is 18.6. The Morgan fingerprint density at radius 1 is 1.15 bits per heavy atom. The molecule has 3 aromatic rings. The zero-order valence-electron chi connectivity index (χ0n) is 15.0. The van der Waals surface area contributed by atoms with Gasteiger partial charge in [-0.1, -0.05) is 18.2 Å². The first kappa shape index (κ1) is 17.4. The lowest BCUT2D eigenvalue weighted by atomic mass is 10.0. The zero-order valence-corrected chi connectivity index (χ0v) is 15.0. The highest BCUT2D eigenvalue weighted by Crippen LogP contribution is 2.22. The number of carbonyl (C=O) groups is 1. The Morgan fingerprint density at radius 3 is 2.85 bits per heavy atom. The van der Waals surface area contributed by atoms with Gasteiger partial charge in [0.1, 0.15) is 0 Å². The molecule has 1 aliphatic heterocycles. The monoisotopic (exact) mass is 362 g/mol. The SMILES string of the molecule is O=C(O)c1ccccc1-n1cc(CN2CCC(Cc3cccnc3)C2)cn1. The molecule has 138 valence electrons. The molecule has 1 aliphatic rings. The number of hydrogen-bond donors (Lipinski definition) is 1. The minimum atomic E-state index is -0.944. The fourth-order valence-electron chi connectivity index (χ4n) is 3.76. The van der Waals surface area contributed by atoms with Gasteiger partial charge in [0.15, 0.2) is 0 Å². The molecule has 1 saturated heterocycles. The summed E-state index contributed by atoms with van der Waals surface area (Å²) >= 11 is 0. The molecule has 2 aromatic heterocycles. The number of hydrogen-bond acceptors (Lipinski definition) is 4. The van der Waals surface area contributed by atoms with Crippen molar-refractivity contribution in [1.29, 1.82) is 0 Å². The molecule has 1 N–H and O–H groups in total. The van der Waals surface area contributed by atoms with E-state index in [1.54, 1.807) is 22.9 Å². The van der Waals surface area contributed by atoms with Gasteiger partial charge in [0.25, 0.3) is 0 Å². The Morgan fingerprint density at radius 2 is 2.04 bits per heavy atom. The average Bonchev–Trinajstić information content (AvgIpc) is 3.32. The maximum absolute atomic E-state index is 11.4. The molecule has 0 radical (unpaired) electrons. The number of para-hydroxylation sites is 1. The molecule has 0 aliphatic carbocycles. The van der Waals surface area contributed by atoms with Crippen LogP contribution in [0.4, 0.5) is 0 Å². The number of nitrogens with zero attached hydrogens (tertiary/aromatic N) is 4. The third-order valence-electron chi connectivity index (χ3n) is 5.04. The largest absolute Gasteiger partial charge is 0.478 e. The third kappa shape index (κ3) is 4.06. The molecule has 1 aromatic carbocycles. The lowest BCUT2D eigenvalue weighted by Gasteiger charge is -2.15. The fraction of sp³-hybridized carbons (Fsp3) is 0.286. The van der Waals surface area contributed by atoms with Crippen molar-refractivity contribution < 1.29 is 9.90 Å². The van der Waals surface area contributed by atoms with Gasteiger partial charge in [-0.3, -0.25) is 9.88 Å². The van der Waals surface area contributed by atoms with E-state index in [0.29, 0.717) is 11.6 Å². The van der Waals surface area contributed by atoms with Gasteiger partial charge < -0.3 is 5.11 Å². The van der Waals surface area contributed by atoms with Crippen LogP contribution < -0.4 is 0 Å². The normalized spacial score (nSPS) is 17.3. The molecule has 0 amide bonds. The van der Waals surface area contributed by atoms with Crippen molar-refractivity contribution in [3.8, 4) is 5.69 Å². The molecule has 0 bridgehead atoms. The molecular formula is C21H22N4O2. The van der Waals surface area contributed by atoms with Crippen LogP contribution in [0, 0.1) is 5.92 Å². The van der Waals surface area contributed by atoms with Crippen LogP contribution in [-0.2, 0) is 13.0 Å². The minimum Gasteiger partial charge on any atom is -0.478 e. The van der Waals surface area contributed by atoms with E-state index in [9.17, 15) is 9.90 Å². The van der Waals surface area contributed by atoms with E-state index in [1.165, 1.54) is 12.0 Å². The van der Waals surface area contributed by atoms with Crippen molar-refractivity contribution in [2.75, 3.05) is 13.1 Å².